The maximum absolute atomic E-state index is 13.4. The number of ether oxygens (including phenoxy) is 2. The number of carbonyl (C=O) groups excluding carboxylic acids is 1. The van der Waals surface area contributed by atoms with Crippen molar-refractivity contribution >= 4 is 58.9 Å². The Hall–Kier alpha value is -3.38. The summed E-state index contributed by atoms with van der Waals surface area (Å²) in [5.41, 5.74) is -0.756. The van der Waals surface area contributed by atoms with Crippen molar-refractivity contribution in [3.05, 3.63) is 94.4 Å². The molecule has 0 fully saturated rings. The number of anilines is 1. The molecule has 2 heterocycles. The third kappa shape index (κ3) is 6.28. The first-order valence-electron chi connectivity index (χ1n) is 12.1. The Bertz CT molecular complexity index is 1550. The molecule has 1 aromatic heterocycles. The molecule has 3 aromatic rings. The maximum atomic E-state index is 13.4. The van der Waals surface area contributed by atoms with E-state index in [1.807, 2.05) is 0 Å². The van der Waals surface area contributed by atoms with Crippen LogP contribution < -0.4 is 10.1 Å². The molecule has 2 N–H and O–H groups in total. The molecule has 1 atom stereocenters. The Morgan fingerprint density at radius 1 is 1.10 bits per heavy atom. The molecule has 1 amide bonds. The zero-order valence-corrected chi connectivity index (χ0v) is 21.4. The number of aliphatic carboxylic acids is 1. The quantitative estimate of drug-likeness (QED) is 0.359. The van der Waals surface area contributed by atoms with Crippen LogP contribution in [0, 0.1) is 0 Å². The fourth-order valence-corrected chi connectivity index (χ4v) is 4.92. The van der Waals surface area contributed by atoms with Crippen LogP contribution in [0.4, 0.5) is 19.0 Å². The van der Waals surface area contributed by atoms with Gasteiger partial charge in [-0.05, 0) is 65.9 Å². The van der Waals surface area contributed by atoms with E-state index in [1.54, 1.807) is 12.1 Å². The second-order valence-corrected chi connectivity index (χ2v) is 9.53. The average Bonchev–Trinajstić information content (AvgIpc) is 2.93. The van der Waals surface area contributed by atoms with Crippen LogP contribution in [0.3, 0.4) is 0 Å². The van der Waals surface area contributed by atoms with Crippen LogP contribution in [0.25, 0.3) is 11.1 Å². The van der Waals surface area contributed by atoms with E-state index in [4.69, 9.17) is 21.1 Å². The summed E-state index contributed by atoms with van der Waals surface area (Å²) in [6.07, 6.45) is -0.437. The Morgan fingerprint density at radius 2 is 1.83 bits per heavy atom. The first-order chi connectivity index (χ1) is 19.1. The second-order valence-electron chi connectivity index (χ2n) is 9.16. The van der Waals surface area contributed by atoms with Gasteiger partial charge in [-0.15, -0.1) is 5.10 Å². The van der Waals surface area contributed by atoms with Gasteiger partial charge in [-0.1, -0.05) is 24.3 Å². The number of benzene rings is 2. The van der Waals surface area contributed by atoms with Crippen LogP contribution in [-0.2, 0) is 15.7 Å². The van der Waals surface area contributed by atoms with Crippen LogP contribution in [0.15, 0.2) is 83.2 Å². The molecule has 0 bridgehead atoms. The number of amides is 1. The number of nitrogens with one attached hydrogen (secondary N) is 1. The molecule has 2 aliphatic rings. The SMILES string of the molecule is O=C(Nc1nnccc1-c1ccc(C(F)(F)F)cc1)c1ccccc1OC1(C(=O)O)CCCC2=C1C=C(Cl)OC2.[NaH]. The Labute approximate surface area is 259 Å². The van der Waals surface area contributed by atoms with E-state index in [-0.39, 0.29) is 64.9 Å². The van der Waals surface area contributed by atoms with E-state index in [0.29, 0.717) is 29.5 Å². The number of para-hydroxylation sites is 1. The molecule has 13 heteroatoms. The summed E-state index contributed by atoms with van der Waals surface area (Å²) in [7, 11) is 0. The molecule has 208 valence electrons. The van der Waals surface area contributed by atoms with Crippen LogP contribution in [0.1, 0.15) is 35.2 Å². The average molecular weight is 596 g/mol. The predicted octanol–water partition coefficient (Wildman–Crippen LogP) is 5.56. The van der Waals surface area contributed by atoms with Gasteiger partial charge in [0.2, 0.25) is 5.60 Å². The fraction of sp³-hybridized carbons (Fsp3) is 0.214. The van der Waals surface area contributed by atoms with E-state index >= 15 is 0 Å². The first-order valence-corrected chi connectivity index (χ1v) is 12.5. The number of carboxylic acids is 1. The van der Waals surface area contributed by atoms with Gasteiger partial charge in [0.1, 0.15) is 12.4 Å². The summed E-state index contributed by atoms with van der Waals surface area (Å²) in [5.74, 6) is -1.92. The summed E-state index contributed by atoms with van der Waals surface area (Å²) in [5, 5.41) is 20.7. The Morgan fingerprint density at radius 3 is 2.54 bits per heavy atom. The second kappa shape index (κ2) is 12.2. The van der Waals surface area contributed by atoms with Gasteiger partial charge < -0.3 is 19.9 Å². The van der Waals surface area contributed by atoms with Crippen LogP contribution in [0.2, 0.25) is 0 Å². The fourth-order valence-electron chi connectivity index (χ4n) is 4.76. The van der Waals surface area contributed by atoms with Gasteiger partial charge in [-0.25, -0.2) is 4.79 Å². The summed E-state index contributed by atoms with van der Waals surface area (Å²) in [6.45, 7) is 0.143. The van der Waals surface area contributed by atoms with E-state index in [9.17, 15) is 27.9 Å². The van der Waals surface area contributed by atoms with E-state index in [1.165, 1.54) is 42.6 Å². The molecule has 1 aliphatic heterocycles. The van der Waals surface area contributed by atoms with Crippen molar-refractivity contribution in [2.24, 2.45) is 0 Å². The van der Waals surface area contributed by atoms with Gasteiger partial charge in [0, 0.05) is 23.6 Å². The standard InChI is InChI=1S/C28H21ClF3N3O5.Na.H/c29-23-14-21-17(15-39-23)4-3-12-27(21,26(37)38)40-22-6-2-1-5-20(22)25(36)34-24-19(11-13-33-35-24)16-7-9-18(10-8-16)28(30,31)32;;/h1-2,5-11,13-14H,3-4,12,15H2,(H,37,38)(H,34,35,36);;. The molecule has 41 heavy (non-hydrogen) atoms. The van der Waals surface area contributed by atoms with Gasteiger partial charge in [0.25, 0.3) is 5.91 Å². The summed E-state index contributed by atoms with van der Waals surface area (Å²) in [6, 6.07) is 12.0. The molecule has 8 nitrogen and oxygen atoms in total. The third-order valence-corrected chi connectivity index (χ3v) is 6.92. The predicted molar refractivity (Wildman–Crippen MR) is 146 cm³/mol. The number of carbonyl (C=O) groups is 2. The van der Waals surface area contributed by atoms with E-state index < -0.39 is 29.2 Å². The molecule has 0 spiro atoms. The number of hydrogen-bond acceptors (Lipinski definition) is 6. The zero-order chi connectivity index (χ0) is 28.5. The zero-order valence-electron chi connectivity index (χ0n) is 20.7. The number of carboxylic acid groups (broad SMARTS) is 1. The molecule has 1 aliphatic carbocycles. The van der Waals surface area contributed by atoms with Crippen molar-refractivity contribution in [1.82, 2.24) is 10.2 Å². The summed E-state index contributed by atoms with van der Waals surface area (Å²) in [4.78, 5) is 26.1. The van der Waals surface area contributed by atoms with Gasteiger partial charge in [0.15, 0.2) is 11.0 Å². The van der Waals surface area contributed by atoms with Crippen LogP contribution in [0.5, 0.6) is 5.75 Å². The molecule has 0 saturated heterocycles. The topological polar surface area (TPSA) is 111 Å². The molecule has 0 saturated carbocycles. The van der Waals surface area contributed by atoms with E-state index in [2.05, 4.69) is 15.5 Å². The number of alkyl halides is 3. The number of hydrogen-bond donors (Lipinski definition) is 2. The van der Waals surface area contributed by atoms with Crippen molar-refractivity contribution in [3.8, 4) is 16.9 Å². The molecule has 0 radical (unpaired) electrons. The van der Waals surface area contributed by atoms with Gasteiger partial charge in [-0.3, -0.25) is 4.79 Å². The van der Waals surface area contributed by atoms with Crippen molar-refractivity contribution in [1.29, 1.82) is 0 Å². The molecule has 2 aromatic carbocycles. The molecular formula is C28H22ClF3N3NaO5. The van der Waals surface area contributed by atoms with Gasteiger partial charge in [0.05, 0.1) is 17.3 Å². The minimum atomic E-state index is -4.50. The normalized spacial score (nSPS) is 18.3. The molecular weight excluding hydrogens is 574 g/mol. The summed E-state index contributed by atoms with van der Waals surface area (Å²) >= 11 is 6.06. The third-order valence-electron chi connectivity index (χ3n) is 6.70. The van der Waals surface area contributed by atoms with Crippen LogP contribution in [-0.4, -0.2) is 68.9 Å². The Kier molecular flexibility index (Phi) is 9.13. The number of aromatic nitrogens is 2. The van der Waals surface area contributed by atoms with Gasteiger partial charge in [-0.2, -0.15) is 18.3 Å². The van der Waals surface area contributed by atoms with Crippen molar-refractivity contribution in [3.63, 3.8) is 0 Å². The number of halogens is 4. The monoisotopic (exact) mass is 595 g/mol. The number of rotatable bonds is 6. The van der Waals surface area contributed by atoms with Crippen molar-refractivity contribution in [2.75, 3.05) is 11.9 Å². The number of nitrogens with zero attached hydrogens (tertiary/aromatic N) is 2. The van der Waals surface area contributed by atoms with Crippen LogP contribution >= 0.6 is 11.6 Å². The molecule has 5 rings (SSSR count). The minimum absolute atomic E-state index is 0. The van der Waals surface area contributed by atoms with Crippen molar-refractivity contribution < 1.29 is 37.3 Å². The van der Waals surface area contributed by atoms with E-state index in [0.717, 1.165) is 17.7 Å². The Balaban J connectivity index is 0.00000387. The summed E-state index contributed by atoms with van der Waals surface area (Å²) < 4.78 is 50.5. The van der Waals surface area contributed by atoms with Gasteiger partial charge >= 0.3 is 41.7 Å². The van der Waals surface area contributed by atoms with Crippen molar-refractivity contribution in [2.45, 2.75) is 31.0 Å². The first kappa shape index (κ1) is 30.6. The molecule has 1 unspecified atom stereocenters.